The van der Waals surface area contributed by atoms with E-state index in [0.717, 1.165) is 69.4 Å². The molecule has 1 atom stereocenters. The Morgan fingerprint density at radius 1 is 1.00 bits per heavy atom. The molecule has 54 heavy (non-hydrogen) atoms. The molecule has 3 amide bonds. The van der Waals surface area contributed by atoms with E-state index >= 15 is 0 Å². The van der Waals surface area contributed by atoms with Crippen LogP contribution in [0.25, 0.3) is 10.9 Å². The maximum absolute atomic E-state index is 14.1. The van der Waals surface area contributed by atoms with E-state index in [1.165, 1.54) is 16.7 Å². The van der Waals surface area contributed by atoms with Crippen LogP contribution in [-0.2, 0) is 19.9 Å². The Kier molecular flexibility index (Phi) is 9.06. The van der Waals surface area contributed by atoms with Gasteiger partial charge in [-0.25, -0.2) is 9.37 Å². The summed E-state index contributed by atoms with van der Waals surface area (Å²) in [4.78, 5) is 62.8. The summed E-state index contributed by atoms with van der Waals surface area (Å²) in [6.07, 6.45) is 6.32. The van der Waals surface area contributed by atoms with Crippen LogP contribution in [0.4, 0.5) is 15.8 Å². The molecule has 1 unspecified atom stereocenters. The molecule has 0 saturated carbocycles. The molecule has 4 fully saturated rings. The smallest absolute Gasteiger partial charge is 0.262 e. The molecule has 0 bridgehead atoms. The van der Waals surface area contributed by atoms with E-state index in [4.69, 9.17) is 10.2 Å². The number of carbonyl (C=O) groups excluding carboxylic acids is 3. The fourth-order valence-corrected chi connectivity index (χ4v) is 8.23. The van der Waals surface area contributed by atoms with Crippen molar-refractivity contribution in [2.75, 3.05) is 49.5 Å². The largest absolute Gasteiger partial charge is 0.368 e. The van der Waals surface area contributed by atoms with Crippen LogP contribution in [0.2, 0.25) is 0 Å². The number of amides is 3. The predicted octanol–water partition coefficient (Wildman–Crippen LogP) is 3.02. The van der Waals surface area contributed by atoms with Gasteiger partial charge in [0.1, 0.15) is 29.3 Å². The summed E-state index contributed by atoms with van der Waals surface area (Å²) in [5, 5.41) is 19.1. The quantitative estimate of drug-likeness (QED) is 0.258. The molecule has 14 nitrogen and oxygen atoms in total. The average molecular weight is 735 g/mol. The minimum Gasteiger partial charge on any atom is -0.368 e. The highest BCUT2D eigenvalue weighted by atomic mass is 19.1. The highest BCUT2D eigenvalue weighted by molar-refractivity contribution is 5.99. The van der Waals surface area contributed by atoms with E-state index in [0.29, 0.717) is 34.7 Å². The van der Waals surface area contributed by atoms with Crippen molar-refractivity contribution in [2.24, 2.45) is 0 Å². The molecule has 6 heterocycles. The molecule has 2 N–H and O–H groups in total. The Balaban J connectivity index is 0.808. The molecule has 0 spiro atoms. The van der Waals surface area contributed by atoms with Gasteiger partial charge in [-0.2, -0.15) is 10.4 Å². The number of hydrogen-bond donors (Lipinski definition) is 2. The van der Waals surface area contributed by atoms with Crippen molar-refractivity contribution < 1.29 is 18.8 Å². The van der Waals surface area contributed by atoms with Crippen molar-refractivity contribution in [1.29, 1.82) is 5.26 Å². The summed E-state index contributed by atoms with van der Waals surface area (Å²) in [6, 6.07) is 11.8. The van der Waals surface area contributed by atoms with E-state index in [-0.39, 0.29) is 41.5 Å². The number of halogens is 1. The summed E-state index contributed by atoms with van der Waals surface area (Å²) < 4.78 is 17.2. The van der Waals surface area contributed by atoms with E-state index in [1.807, 2.05) is 24.5 Å². The number of fused-ring (bicyclic) bond motifs is 1. The van der Waals surface area contributed by atoms with Crippen molar-refractivity contribution in [3.63, 3.8) is 0 Å². The van der Waals surface area contributed by atoms with Gasteiger partial charge in [-0.05, 0) is 101 Å². The van der Waals surface area contributed by atoms with Crippen molar-refractivity contribution in [3.8, 4) is 6.07 Å². The number of anilines is 2. The minimum atomic E-state index is -1.01. The highest BCUT2D eigenvalue weighted by Gasteiger charge is 2.42. The first-order valence-electron chi connectivity index (χ1n) is 18.6. The van der Waals surface area contributed by atoms with Gasteiger partial charge in [-0.3, -0.25) is 43.5 Å². The summed E-state index contributed by atoms with van der Waals surface area (Å²) in [7, 11) is 0. The van der Waals surface area contributed by atoms with Crippen LogP contribution >= 0.6 is 0 Å². The van der Waals surface area contributed by atoms with Crippen molar-refractivity contribution in [2.45, 2.75) is 76.0 Å². The van der Waals surface area contributed by atoms with Crippen LogP contribution in [0, 0.1) is 24.1 Å². The highest BCUT2D eigenvalue weighted by Crippen LogP contribution is 2.34. The number of aryl methyl sites for hydroxylation is 1. The van der Waals surface area contributed by atoms with Crippen LogP contribution in [0.15, 0.2) is 53.6 Å². The lowest BCUT2D eigenvalue weighted by atomic mass is 9.89. The first-order chi connectivity index (χ1) is 25.9. The normalized spacial score (nSPS) is 20.7. The van der Waals surface area contributed by atoms with Crippen LogP contribution in [0.5, 0.6) is 0 Å². The number of nitriles is 1. The second-order valence-corrected chi connectivity index (χ2v) is 15.5. The SMILES string of the molecule is Cc1nc2cc(N3CC(N4CC(N5CCC(c6cnn(C(C)(C)C(=O)Nc7ccc(C#N)c(F)c7)c6)CC5)C4)C3)ccc2c(=O)n1C1CCC(=O)NC1=O. The number of imide groups is 1. The molecule has 0 aliphatic carbocycles. The number of nitrogens with zero attached hydrogens (tertiary/aromatic N) is 8. The Hall–Kier alpha value is -5.46. The van der Waals surface area contributed by atoms with Gasteiger partial charge in [-0.15, -0.1) is 0 Å². The molecular weight excluding hydrogens is 691 g/mol. The fourth-order valence-electron chi connectivity index (χ4n) is 8.23. The molecule has 2 aromatic carbocycles. The van der Waals surface area contributed by atoms with E-state index in [9.17, 15) is 23.6 Å². The number of nitrogens with one attached hydrogen (secondary N) is 2. The molecule has 280 valence electrons. The number of benzene rings is 2. The molecular formula is C39H43FN10O4. The third-order valence-electron chi connectivity index (χ3n) is 11.8. The van der Waals surface area contributed by atoms with Crippen LogP contribution in [0.3, 0.4) is 0 Å². The van der Waals surface area contributed by atoms with Gasteiger partial charge in [0.05, 0.1) is 22.7 Å². The Morgan fingerprint density at radius 2 is 1.74 bits per heavy atom. The molecule has 4 aliphatic rings. The van der Waals surface area contributed by atoms with E-state index in [2.05, 4.69) is 30.4 Å². The van der Waals surface area contributed by atoms with Gasteiger partial charge in [-0.1, -0.05) is 0 Å². The molecule has 8 rings (SSSR count). The van der Waals surface area contributed by atoms with Gasteiger partial charge in [0.25, 0.3) is 11.5 Å². The second kappa shape index (κ2) is 13.7. The lowest BCUT2D eigenvalue weighted by molar-refractivity contribution is -0.135. The van der Waals surface area contributed by atoms with Crippen LogP contribution < -0.4 is 21.1 Å². The minimum absolute atomic E-state index is 0.0746. The zero-order valence-electron chi connectivity index (χ0n) is 30.6. The summed E-state index contributed by atoms with van der Waals surface area (Å²) >= 11 is 0. The van der Waals surface area contributed by atoms with Gasteiger partial charge >= 0.3 is 0 Å². The molecule has 15 heteroatoms. The number of rotatable bonds is 8. The number of piperidine rings is 2. The van der Waals surface area contributed by atoms with Gasteiger partial charge < -0.3 is 10.2 Å². The summed E-state index contributed by atoms with van der Waals surface area (Å²) in [5.41, 5.74) is 1.68. The second-order valence-electron chi connectivity index (χ2n) is 15.5. The Labute approximate surface area is 311 Å². The predicted molar refractivity (Wildman–Crippen MR) is 198 cm³/mol. The number of likely N-dealkylation sites (tertiary alicyclic amines) is 2. The fraction of sp³-hybridized carbons (Fsp3) is 0.462. The van der Waals surface area contributed by atoms with Crippen molar-refractivity contribution in [1.82, 2.24) is 34.4 Å². The first kappa shape index (κ1) is 35.6. The lowest BCUT2D eigenvalue weighted by Gasteiger charge is -2.55. The Morgan fingerprint density at radius 3 is 2.44 bits per heavy atom. The number of hydrogen-bond acceptors (Lipinski definition) is 10. The summed E-state index contributed by atoms with van der Waals surface area (Å²) in [6.45, 7) is 11.2. The zero-order chi connectivity index (χ0) is 37.9. The average Bonchev–Trinajstić information content (AvgIpc) is 3.61. The maximum Gasteiger partial charge on any atom is 0.262 e. The van der Waals surface area contributed by atoms with Crippen LogP contribution in [-0.4, -0.2) is 98.2 Å². The van der Waals surface area contributed by atoms with Gasteiger partial charge in [0.15, 0.2) is 0 Å². The molecule has 4 aromatic rings. The molecule has 0 radical (unpaired) electrons. The summed E-state index contributed by atoms with van der Waals surface area (Å²) in [5.74, 6) is -0.976. The number of carbonyl (C=O) groups is 3. The monoisotopic (exact) mass is 734 g/mol. The molecule has 2 aromatic heterocycles. The van der Waals surface area contributed by atoms with Crippen LogP contribution in [0.1, 0.15) is 68.4 Å². The lowest BCUT2D eigenvalue weighted by Crippen LogP contribution is -2.70. The van der Waals surface area contributed by atoms with Crippen molar-refractivity contribution in [3.05, 3.63) is 81.9 Å². The third kappa shape index (κ3) is 6.43. The molecule has 4 saturated heterocycles. The number of aromatic nitrogens is 4. The topological polar surface area (TPSA) is 161 Å². The van der Waals surface area contributed by atoms with E-state index < -0.39 is 23.3 Å². The van der Waals surface area contributed by atoms with Gasteiger partial charge in [0.2, 0.25) is 11.8 Å². The third-order valence-corrected chi connectivity index (χ3v) is 11.8. The Bertz CT molecular complexity index is 2260. The van der Waals surface area contributed by atoms with Crippen molar-refractivity contribution >= 4 is 40.0 Å². The first-order valence-corrected chi connectivity index (χ1v) is 18.6. The maximum atomic E-state index is 14.1. The van der Waals surface area contributed by atoms with Gasteiger partial charge in [0, 0.05) is 62.3 Å². The van der Waals surface area contributed by atoms with E-state index in [1.54, 1.807) is 37.6 Å². The zero-order valence-corrected chi connectivity index (χ0v) is 30.6. The standard InChI is InChI=1S/C39H43FN10O4/c1-23-43-33-15-28(6-7-31(33)37(53)50(23)34-8-9-35(51)45-36(34)52)47-21-30(22-47)48-19-29(20-48)46-12-10-24(11-13-46)26-17-42-49(18-26)39(2,3)38(54)44-27-5-4-25(16-41)32(40)14-27/h4-7,14-15,17-18,24,29-30,34H,8-13,19-22H2,1-3H3,(H,44,54)(H,45,51,52). The molecule has 4 aliphatic heterocycles.